The molecule has 3 unspecified atom stereocenters. The molecule has 2 saturated carbocycles. The van der Waals surface area contributed by atoms with Crippen LogP contribution in [0, 0.1) is 5.92 Å². The number of ether oxygens (including phenoxy) is 1. The second kappa shape index (κ2) is 6.45. The molecule has 1 heterocycles. The van der Waals surface area contributed by atoms with Crippen LogP contribution in [0.15, 0.2) is 0 Å². The molecule has 126 valence electrons. The maximum atomic E-state index is 13.3. The summed E-state index contributed by atoms with van der Waals surface area (Å²) in [4.78, 5) is 12.0. The van der Waals surface area contributed by atoms with Gasteiger partial charge in [-0.2, -0.15) is 4.31 Å². The van der Waals surface area contributed by atoms with E-state index in [0.29, 0.717) is 12.8 Å². The third-order valence-electron chi connectivity index (χ3n) is 5.18. The lowest BCUT2D eigenvalue weighted by atomic mass is 9.89. The number of nitrogens with one attached hydrogen (secondary N) is 1. The Morgan fingerprint density at radius 1 is 1.09 bits per heavy atom. The van der Waals surface area contributed by atoms with Crippen LogP contribution in [-0.4, -0.2) is 56.2 Å². The minimum Gasteiger partial charge on any atom is -0.469 e. The predicted octanol–water partition coefficient (Wildman–Crippen LogP) is 0.874. The molecule has 0 bridgehead atoms. The number of carbonyl (C=O) groups excluding carboxylic acids is 1. The molecule has 1 N–H and O–H groups in total. The molecule has 6 nitrogen and oxygen atoms in total. The van der Waals surface area contributed by atoms with Gasteiger partial charge in [0.15, 0.2) is 0 Å². The van der Waals surface area contributed by atoms with Gasteiger partial charge in [0, 0.05) is 18.6 Å². The quantitative estimate of drug-likeness (QED) is 0.757. The summed E-state index contributed by atoms with van der Waals surface area (Å²) in [5, 5.41) is 2.66. The highest BCUT2D eigenvalue weighted by atomic mass is 32.2. The molecule has 0 radical (unpaired) electrons. The van der Waals surface area contributed by atoms with Crippen LogP contribution in [-0.2, 0) is 19.6 Å². The van der Waals surface area contributed by atoms with Crippen molar-refractivity contribution in [3.05, 3.63) is 0 Å². The van der Waals surface area contributed by atoms with Crippen LogP contribution in [0.2, 0.25) is 0 Å². The molecule has 3 rings (SSSR count). The first-order valence-corrected chi connectivity index (χ1v) is 9.87. The van der Waals surface area contributed by atoms with Gasteiger partial charge in [-0.3, -0.25) is 4.79 Å². The monoisotopic (exact) mass is 330 g/mol. The van der Waals surface area contributed by atoms with Crippen molar-refractivity contribution in [3.63, 3.8) is 0 Å². The van der Waals surface area contributed by atoms with Crippen LogP contribution in [0.3, 0.4) is 0 Å². The average molecular weight is 330 g/mol. The summed E-state index contributed by atoms with van der Waals surface area (Å²) in [5.41, 5.74) is 0. The fourth-order valence-corrected chi connectivity index (χ4v) is 6.59. The van der Waals surface area contributed by atoms with Gasteiger partial charge in [0.2, 0.25) is 10.0 Å². The number of nitrogens with zero attached hydrogens (tertiary/aromatic N) is 1. The summed E-state index contributed by atoms with van der Waals surface area (Å²) >= 11 is 0. The standard InChI is InChI=1S/C15H26N2O4S/c1-21-15(18)13-4-2-3-5-14(13)22(19,20)17(11-6-7-11)12-8-9-16-10-12/h11-14,16H,2-10H2,1H3. The van der Waals surface area contributed by atoms with Crippen LogP contribution in [0.5, 0.6) is 0 Å². The van der Waals surface area contributed by atoms with E-state index in [0.717, 1.165) is 45.2 Å². The topological polar surface area (TPSA) is 75.7 Å². The number of sulfonamides is 1. The van der Waals surface area contributed by atoms with E-state index in [1.807, 2.05) is 0 Å². The highest BCUT2D eigenvalue weighted by Crippen LogP contribution is 2.39. The van der Waals surface area contributed by atoms with Crippen molar-refractivity contribution in [1.82, 2.24) is 9.62 Å². The van der Waals surface area contributed by atoms with E-state index in [1.54, 1.807) is 4.31 Å². The highest BCUT2D eigenvalue weighted by molar-refractivity contribution is 7.89. The van der Waals surface area contributed by atoms with Crippen LogP contribution in [0.1, 0.15) is 44.9 Å². The van der Waals surface area contributed by atoms with Crippen LogP contribution < -0.4 is 5.32 Å². The fourth-order valence-electron chi connectivity index (χ4n) is 3.93. The predicted molar refractivity (Wildman–Crippen MR) is 82.8 cm³/mol. The second-order valence-electron chi connectivity index (χ2n) is 6.71. The second-order valence-corrected chi connectivity index (χ2v) is 8.76. The molecule has 1 aliphatic heterocycles. The molecule has 2 aliphatic carbocycles. The first kappa shape index (κ1) is 16.2. The largest absolute Gasteiger partial charge is 0.469 e. The third-order valence-corrected chi connectivity index (χ3v) is 7.70. The number of methoxy groups -OCH3 is 1. The normalized spacial score (nSPS) is 33.1. The maximum absolute atomic E-state index is 13.3. The van der Waals surface area contributed by atoms with Gasteiger partial charge in [0.1, 0.15) is 0 Å². The van der Waals surface area contributed by atoms with E-state index in [-0.39, 0.29) is 18.1 Å². The minimum absolute atomic E-state index is 0.0534. The first-order chi connectivity index (χ1) is 10.6. The number of hydrogen-bond acceptors (Lipinski definition) is 5. The van der Waals surface area contributed by atoms with Crippen molar-refractivity contribution in [2.75, 3.05) is 20.2 Å². The summed E-state index contributed by atoms with van der Waals surface area (Å²) in [6, 6.07) is 0.202. The van der Waals surface area contributed by atoms with E-state index in [9.17, 15) is 13.2 Å². The highest BCUT2D eigenvalue weighted by Gasteiger charge is 2.49. The van der Waals surface area contributed by atoms with Gasteiger partial charge in [0.25, 0.3) is 0 Å². The Morgan fingerprint density at radius 2 is 1.82 bits per heavy atom. The van der Waals surface area contributed by atoms with E-state index in [2.05, 4.69) is 5.32 Å². The van der Waals surface area contributed by atoms with E-state index < -0.39 is 21.2 Å². The molecular weight excluding hydrogens is 304 g/mol. The number of hydrogen-bond donors (Lipinski definition) is 1. The molecule has 3 atom stereocenters. The van der Waals surface area contributed by atoms with Crippen molar-refractivity contribution in [1.29, 1.82) is 0 Å². The average Bonchev–Trinajstić information content (AvgIpc) is 3.20. The van der Waals surface area contributed by atoms with Gasteiger partial charge < -0.3 is 10.1 Å². The van der Waals surface area contributed by atoms with Gasteiger partial charge in [-0.25, -0.2) is 8.42 Å². The van der Waals surface area contributed by atoms with Gasteiger partial charge >= 0.3 is 5.97 Å². The van der Waals surface area contributed by atoms with E-state index >= 15 is 0 Å². The summed E-state index contributed by atoms with van der Waals surface area (Å²) < 4.78 is 33.2. The Hall–Kier alpha value is -0.660. The van der Waals surface area contributed by atoms with Crippen molar-refractivity contribution in [2.45, 2.75) is 62.3 Å². The fraction of sp³-hybridized carbons (Fsp3) is 0.933. The lowest BCUT2D eigenvalue weighted by molar-refractivity contribution is -0.146. The molecule has 3 aliphatic rings. The molecule has 7 heteroatoms. The Kier molecular flexibility index (Phi) is 4.75. The van der Waals surface area contributed by atoms with Crippen molar-refractivity contribution < 1.29 is 17.9 Å². The zero-order valence-corrected chi connectivity index (χ0v) is 14.0. The first-order valence-electron chi connectivity index (χ1n) is 8.36. The number of rotatable bonds is 5. The lowest BCUT2D eigenvalue weighted by Gasteiger charge is -2.36. The molecule has 0 aromatic heterocycles. The SMILES string of the molecule is COC(=O)C1CCCCC1S(=O)(=O)N(C1CC1)C1CCNC1. The number of esters is 1. The molecule has 0 aromatic carbocycles. The summed E-state index contributed by atoms with van der Waals surface area (Å²) in [6.45, 7) is 1.60. The molecule has 22 heavy (non-hydrogen) atoms. The van der Waals surface area contributed by atoms with Gasteiger partial charge in [-0.15, -0.1) is 0 Å². The van der Waals surface area contributed by atoms with Crippen LogP contribution >= 0.6 is 0 Å². The smallest absolute Gasteiger partial charge is 0.310 e. The molecule has 0 aromatic rings. The van der Waals surface area contributed by atoms with Crippen LogP contribution in [0.25, 0.3) is 0 Å². The lowest BCUT2D eigenvalue weighted by Crippen LogP contribution is -2.51. The summed E-state index contributed by atoms with van der Waals surface area (Å²) in [5.74, 6) is -0.868. The van der Waals surface area contributed by atoms with E-state index in [4.69, 9.17) is 4.74 Å². The summed E-state index contributed by atoms with van der Waals surface area (Å²) in [7, 11) is -2.11. The van der Waals surface area contributed by atoms with Crippen molar-refractivity contribution in [3.8, 4) is 0 Å². The Bertz CT molecular complexity index is 512. The van der Waals surface area contributed by atoms with Crippen LogP contribution in [0.4, 0.5) is 0 Å². The van der Waals surface area contributed by atoms with Gasteiger partial charge in [0.05, 0.1) is 18.3 Å². The van der Waals surface area contributed by atoms with Crippen molar-refractivity contribution >= 4 is 16.0 Å². The molecule has 0 amide bonds. The molecule has 0 spiro atoms. The van der Waals surface area contributed by atoms with E-state index in [1.165, 1.54) is 7.11 Å². The zero-order chi connectivity index (χ0) is 15.7. The minimum atomic E-state index is -3.46. The van der Waals surface area contributed by atoms with Crippen molar-refractivity contribution in [2.24, 2.45) is 5.92 Å². The Labute approximate surface area is 132 Å². The van der Waals surface area contributed by atoms with Gasteiger partial charge in [-0.05, 0) is 38.6 Å². The zero-order valence-electron chi connectivity index (χ0n) is 13.2. The third kappa shape index (κ3) is 3.03. The maximum Gasteiger partial charge on any atom is 0.310 e. The molecule has 1 saturated heterocycles. The molecular formula is C15H26N2O4S. The summed E-state index contributed by atoms with van der Waals surface area (Å²) in [6.07, 6.45) is 5.74. The number of carbonyl (C=O) groups is 1. The Morgan fingerprint density at radius 3 is 2.41 bits per heavy atom. The van der Waals surface area contributed by atoms with Gasteiger partial charge in [-0.1, -0.05) is 12.8 Å². The molecule has 3 fully saturated rings. The Balaban J connectivity index is 1.86.